The van der Waals surface area contributed by atoms with Crippen LogP contribution in [-0.2, 0) is 6.54 Å². The Morgan fingerprint density at radius 1 is 1.65 bits per heavy atom. The third kappa shape index (κ3) is 3.08. The molecule has 2 heterocycles. The number of rotatable bonds is 5. The molecule has 0 fully saturated rings. The van der Waals surface area contributed by atoms with Gasteiger partial charge in [-0.2, -0.15) is 11.8 Å². The van der Waals surface area contributed by atoms with Crippen molar-refractivity contribution in [2.45, 2.75) is 19.5 Å². The minimum Gasteiger partial charge on any atom is -0.308 e. The van der Waals surface area contributed by atoms with E-state index in [4.69, 9.17) is 0 Å². The molecule has 0 spiro atoms. The van der Waals surface area contributed by atoms with Crippen molar-refractivity contribution in [1.82, 2.24) is 15.3 Å². The Balaban J connectivity index is 2.11. The zero-order chi connectivity index (χ0) is 12.3. The molecule has 0 aliphatic heterocycles. The first-order valence-electron chi connectivity index (χ1n) is 5.39. The highest BCUT2D eigenvalue weighted by atomic mass is 32.2. The van der Waals surface area contributed by atoms with E-state index >= 15 is 0 Å². The topological polar surface area (TPSA) is 57.8 Å². The number of nitrogens with one attached hydrogen (secondary N) is 2. The van der Waals surface area contributed by atoms with Crippen molar-refractivity contribution >= 4 is 33.3 Å². The normalized spacial score (nSPS) is 13.1. The molecule has 2 aromatic heterocycles. The van der Waals surface area contributed by atoms with Crippen LogP contribution in [0.5, 0.6) is 0 Å². The molecule has 0 aromatic carbocycles. The highest BCUT2D eigenvalue weighted by Crippen LogP contribution is 2.13. The molecule has 0 radical (unpaired) electrons. The molecule has 0 saturated heterocycles. The SMILES string of the molecule is CSCC(C)NCc1nc2ccsc2c(=O)[nH]1. The Morgan fingerprint density at radius 2 is 2.47 bits per heavy atom. The number of nitrogens with zero attached hydrogens (tertiary/aromatic N) is 1. The number of thioether (sulfide) groups is 1. The summed E-state index contributed by atoms with van der Waals surface area (Å²) in [6, 6.07) is 2.29. The molecule has 2 rings (SSSR count). The van der Waals surface area contributed by atoms with Crippen molar-refractivity contribution in [1.29, 1.82) is 0 Å². The van der Waals surface area contributed by atoms with Crippen LogP contribution < -0.4 is 10.9 Å². The van der Waals surface area contributed by atoms with Crippen molar-refractivity contribution in [2.75, 3.05) is 12.0 Å². The van der Waals surface area contributed by atoms with Gasteiger partial charge in [-0.1, -0.05) is 0 Å². The van der Waals surface area contributed by atoms with Crippen molar-refractivity contribution in [3.63, 3.8) is 0 Å². The van der Waals surface area contributed by atoms with Crippen LogP contribution in [0.25, 0.3) is 10.2 Å². The van der Waals surface area contributed by atoms with Crippen LogP contribution in [0, 0.1) is 0 Å². The van der Waals surface area contributed by atoms with Gasteiger partial charge in [0.25, 0.3) is 5.56 Å². The second-order valence-corrected chi connectivity index (χ2v) is 5.71. The second-order valence-electron chi connectivity index (χ2n) is 3.88. The summed E-state index contributed by atoms with van der Waals surface area (Å²) in [5, 5.41) is 5.22. The van der Waals surface area contributed by atoms with Crippen LogP contribution in [-0.4, -0.2) is 28.0 Å². The maximum Gasteiger partial charge on any atom is 0.268 e. The molecule has 1 unspecified atom stereocenters. The lowest BCUT2D eigenvalue weighted by Gasteiger charge is -2.11. The van der Waals surface area contributed by atoms with Crippen LogP contribution in [0.2, 0.25) is 0 Å². The molecular weight excluding hydrogens is 254 g/mol. The molecule has 2 aromatic rings. The minimum absolute atomic E-state index is 0.0423. The summed E-state index contributed by atoms with van der Waals surface area (Å²) in [5.74, 6) is 1.75. The molecule has 0 bridgehead atoms. The second kappa shape index (κ2) is 5.66. The van der Waals surface area contributed by atoms with Gasteiger partial charge in [0.15, 0.2) is 0 Å². The molecule has 92 valence electrons. The molecule has 0 saturated carbocycles. The minimum atomic E-state index is -0.0423. The average molecular weight is 269 g/mol. The van der Waals surface area contributed by atoms with Gasteiger partial charge in [0, 0.05) is 11.8 Å². The number of hydrogen-bond donors (Lipinski definition) is 2. The lowest BCUT2D eigenvalue weighted by Crippen LogP contribution is -2.29. The van der Waals surface area contributed by atoms with E-state index in [0.29, 0.717) is 23.1 Å². The Bertz CT molecular complexity index is 549. The van der Waals surface area contributed by atoms with Crippen molar-refractivity contribution in [3.8, 4) is 0 Å². The van der Waals surface area contributed by atoms with E-state index < -0.39 is 0 Å². The Labute approximate surface area is 108 Å². The van der Waals surface area contributed by atoms with Gasteiger partial charge in [-0.3, -0.25) is 4.79 Å². The van der Waals surface area contributed by atoms with Gasteiger partial charge in [0.05, 0.1) is 12.1 Å². The van der Waals surface area contributed by atoms with Crippen molar-refractivity contribution < 1.29 is 0 Å². The summed E-state index contributed by atoms with van der Waals surface area (Å²) in [7, 11) is 0. The van der Waals surface area contributed by atoms with E-state index in [9.17, 15) is 4.79 Å². The van der Waals surface area contributed by atoms with Crippen LogP contribution >= 0.6 is 23.1 Å². The van der Waals surface area contributed by atoms with E-state index in [1.165, 1.54) is 11.3 Å². The molecule has 0 aliphatic rings. The fourth-order valence-corrected chi connectivity index (χ4v) is 2.93. The molecule has 4 nitrogen and oxygen atoms in total. The van der Waals surface area contributed by atoms with Gasteiger partial charge in [-0.05, 0) is 24.6 Å². The van der Waals surface area contributed by atoms with E-state index in [1.807, 2.05) is 11.4 Å². The van der Waals surface area contributed by atoms with Crippen molar-refractivity contribution in [3.05, 3.63) is 27.6 Å². The summed E-state index contributed by atoms with van der Waals surface area (Å²) in [5.41, 5.74) is 0.743. The Kier molecular flexibility index (Phi) is 4.20. The van der Waals surface area contributed by atoms with Gasteiger partial charge < -0.3 is 10.3 Å². The van der Waals surface area contributed by atoms with E-state index in [-0.39, 0.29) is 5.56 Å². The lowest BCUT2D eigenvalue weighted by atomic mass is 10.4. The Morgan fingerprint density at radius 3 is 3.24 bits per heavy atom. The summed E-state index contributed by atoms with van der Waals surface area (Å²) < 4.78 is 0.700. The highest BCUT2D eigenvalue weighted by molar-refractivity contribution is 7.98. The molecular formula is C11H15N3OS2. The summed E-state index contributed by atoms with van der Waals surface area (Å²) in [6.45, 7) is 2.72. The third-order valence-electron chi connectivity index (χ3n) is 2.40. The smallest absolute Gasteiger partial charge is 0.268 e. The van der Waals surface area contributed by atoms with E-state index in [0.717, 1.165) is 11.3 Å². The summed E-state index contributed by atoms with van der Waals surface area (Å²) in [6.07, 6.45) is 2.08. The molecule has 2 N–H and O–H groups in total. The first kappa shape index (κ1) is 12.6. The number of aromatic amines is 1. The van der Waals surface area contributed by atoms with Crippen LogP contribution in [0.15, 0.2) is 16.2 Å². The zero-order valence-corrected chi connectivity index (χ0v) is 11.5. The van der Waals surface area contributed by atoms with Crippen LogP contribution in [0.3, 0.4) is 0 Å². The Hall–Kier alpha value is -0.850. The monoisotopic (exact) mass is 269 g/mol. The zero-order valence-electron chi connectivity index (χ0n) is 9.82. The van der Waals surface area contributed by atoms with Gasteiger partial charge in [0.2, 0.25) is 0 Å². The molecule has 1 atom stereocenters. The number of H-pyrrole nitrogens is 1. The first-order chi connectivity index (χ1) is 8.20. The largest absolute Gasteiger partial charge is 0.308 e. The lowest BCUT2D eigenvalue weighted by molar-refractivity contribution is 0.579. The van der Waals surface area contributed by atoms with Gasteiger partial charge >= 0.3 is 0 Å². The predicted molar refractivity (Wildman–Crippen MR) is 74.9 cm³/mol. The highest BCUT2D eigenvalue weighted by Gasteiger charge is 2.06. The van der Waals surface area contributed by atoms with Crippen molar-refractivity contribution in [2.24, 2.45) is 0 Å². The van der Waals surface area contributed by atoms with Gasteiger partial charge in [-0.15, -0.1) is 11.3 Å². The fraction of sp³-hybridized carbons (Fsp3) is 0.455. The number of aromatic nitrogens is 2. The molecule has 0 amide bonds. The quantitative estimate of drug-likeness (QED) is 0.869. The molecule has 0 aliphatic carbocycles. The molecule has 6 heteroatoms. The maximum atomic E-state index is 11.7. The van der Waals surface area contributed by atoms with Gasteiger partial charge in [-0.25, -0.2) is 4.98 Å². The number of hydrogen-bond acceptors (Lipinski definition) is 5. The third-order valence-corrected chi connectivity index (χ3v) is 4.13. The maximum absolute atomic E-state index is 11.7. The summed E-state index contributed by atoms with van der Waals surface area (Å²) >= 11 is 3.22. The van der Waals surface area contributed by atoms with Gasteiger partial charge in [0.1, 0.15) is 10.5 Å². The first-order valence-corrected chi connectivity index (χ1v) is 7.66. The van der Waals surface area contributed by atoms with E-state index in [1.54, 1.807) is 11.8 Å². The van der Waals surface area contributed by atoms with Crippen LogP contribution in [0.1, 0.15) is 12.7 Å². The predicted octanol–water partition coefficient (Wildman–Crippen LogP) is 1.83. The fourth-order valence-electron chi connectivity index (χ4n) is 1.59. The van der Waals surface area contributed by atoms with Crippen LogP contribution in [0.4, 0.5) is 0 Å². The standard InChI is InChI=1S/C11H15N3OS2/c1-7(6-16-2)12-5-9-13-8-3-4-17-10(8)11(15)14-9/h3-4,7,12H,5-6H2,1-2H3,(H,13,14,15). The summed E-state index contributed by atoms with van der Waals surface area (Å²) in [4.78, 5) is 18.9. The number of fused-ring (bicyclic) bond motifs is 1. The molecule has 17 heavy (non-hydrogen) atoms. The van der Waals surface area contributed by atoms with E-state index in [2.05, 4.69) is 28.5 Å². The average Bonchev–Trinajstić information content (AvgIpc) is 2.75. The number of thiophene rings is 1.